The molecule has 0 spiro atoms. The van der Waals surface area contributed by atoms with Gasteiger partial charge in [-0.15, -0.1) is 0 Å². The van der Waals surface area contributed by atoms with Gasteiger partial charge in [0.25, 0.3) is 0 Å². The summed E-state index contributed by atoms with van der Waals surface area (Å²) in [6.07, 6.45) is 1.11. The third kappa shape index (κ3) is 4.96. The van der Waals surface area contributed by atoms with E-state index in [1.54, 1.807) is 0 Å². The van der Waals surface area contributed by atoms with Crippen LogP contribution in [0.15, 0.2) is 12.1 Å². The standard InChI is InChI=1S/C11H14I2N2O2/c12-8-5-7(6-9(13)11(8)17)1-2-10(16)15-4-3-14/h5-6,17H,1-4,14H2,(H,15,16). The quantitative estimate of drug-likeness (QED) is 0.585. The molecule has 4 nitrogen and oxygen atoms in total. The van der Waals surface area contributed by atoms with E-state index in [-0.39, 0.29) is 5.91 Å². The summed E-state index contributed by atoms with van der Waals surface area (Å²) in [4.78, 5) is 11.4. The minimum atomic E-state index is 0.00791. The number of benzene rings is 1. The van der Waals surface area contributed by atoms with Crippen molar-refractivity contribution in [2.45, 2.75) is 12.8 Å². The van der Waals surface area contributed by atoms with Gasteiger partial charge in [0.15, 0.2) is 0 Å². The number of nitrogens with two attached hydrogens (primary N) is 1. The third-order valence-electron chi connectivity index (χ3n) is 2.18. The summed E-state index contributed by atoms with van der Waals surface area (Å²) in [6, 6.07) is 3.79. The van der Waals surface area contributed by atoms with E-state index in [4.69, 9.17) is 5.73 Å². The monoisotopic (exact) mass is 460 g/mol. The molecule has 94 valence electrons. The van der Waals surface area contributed by atoms with Crippen LogP contribution in [0.3, 0.4) is 0 Å². The number of hydrogen-bond donors (Lipinski definition) is 3. The predicted octanol–water partition coefficient (Wildman–Crippen LogP) is 1.61. The fourth-order valence-corrected chi connectivity index (χ4v) is 3.22. The lowest BCUT2D eigenvalue weighted by molar-refractivity contribution is -0.120. The van der Waals surface area contributed by atoms with Crippen LogP contribution < -0.4 is 11.1 Å². The van der Waals surface area contributed by atoms with Gasteiger partial charge >= 0.3 is 0 Å². The van der Waals surface area contributed by atoms with Crippen LogP contribution in [0.2, 0.25) is 0 Å². The number of carbonyl (C=O) groups excluding carboxylic acids is 1. The molecule has 1 amide bonds. The van der Waals surface area contributed by atoms with Crippen LogP contribution in [0.1, 0.15) is 12.0 Å². The van der Waals surface area contributed by atoms with Gasteiger partial charge < -0.3 is 16.2 Å². The predicted molar refractivity (Wildman–Crippen MR) is 83.9 cm³/mol. The molecule has 0 saturated carbocycles. The highest BCUT2D eigenvalue weighted by atomic mass is 127. The third-order valence-corrected chi connectivity index (χ3v) is 3.83. The lowest BCUT2D eigenvalue weighted by Gasteiger charge is -2.06. The Kier molecular flexibility index (Phi) is 6.49. The first-order valence-electron chi connectivity index (χ1n) is 5.18. The summed E-state index contributed by atoms with van der Waals surface area (Å²) in [5, 5.41) is 12.3. The van der Waals surface area contributed by atoms with Crippen LogP contribution in [-0.2, 0) is 11.2 Å². The number of hydrogen-bond acceptors (Lipinski definition) is 3. The summed E-state index contributed by atoms with van der Waals surface area (Å²) in [5.74, 6) is 0.316. The molecular weight excluding hydrogens is 446 g/mol. The maximum atomic E-state index is 11.4. The molecule has 0 heterocycles. The molecule has 1 aromatic rings. The van der Waals surface area contributed by atoms with E-state index < -0.39 is 0 Å². The number of aryl methyl sites for hydroxylation is 1. The van der Waals surface area contributed by atoms with Crippen molar-refractivity contribution in [3.63, 3.8) is 0 Å². The van der Waals surface area contributed by atoms with Crippen LogP contribution >= 0.6 is 45.2 Å². The number of aromatic hydroxyl groups is 1. The zero-order valence-corrected chi connectivity index (χ0v) is 13.5. The van der Waals surface area contributed by atoms with Gasteiger partial charge in [0, 0.05) is 19.5 Å². The van der Waals surface area contributed by atoms with Crippen LogP contribution in [0, 0.1) is 7.14 Å². The summed E-state index contributed by atoms with van der Waals surface area (Å²) in [7, 11) is 0. The maximum Gasteiger partial charge on any atom is 0.220 e. The van der Waals surface area contributed by atoms with Crippen molar-refractivity contribution in [3.8, 4) is 5.75 Å². The van der Waals surface area contributed by atoms with Crippen molar-refractivity contribution in [1.82, 2.24) is 5.32 Å². The average molecular weight is 460 g/mol. The topological polar surface area (TPSA) is 75.3 Å². The van der Waals surface area contributed by atoms with Crippen molar-refractivity contribution >= 4 is 51.1 Å². The molecule has 0 unspecified atom stereocenters. The van der Waals surface area contributed by atoms with E-state index in [1.165, 1.54) is 0 Å². The molecule has 0 saturated heterocycles. The van der Waals surface area contributed by atoms with Crippen molar-refractivity contribution in [2.75, 3.05) is 13.1 Å². The Hall–Kier alpha value is -0.0900. The van der Waals surface area contributed by atoms with Gasteiger partial charge in [-0.1, -0.05) is 0 Å². The Bertz CT molecular complexity index is 387. The molecule has 1 aromatic carbocycles. The van der Waals surface area contributed by atoms with Crippen molar-refractivity contribution in [1.29, 1.82) is 0 Å². The smallest absolute Gasteiger partial charge is 0.220 e. The number of carbonyl (C=O) groups is 1. The minimum absolute atomic E-state index is 0.00791. The largest absolute Gasteiger partial charge is 0.506 e. The van der Waals surface area contributed by atoms with E-state index >= 15 is 0 Å². The second-order valence-corrected chi connectivity index (χ2v) is 5.87. The highest BCUT2D eigenvalue weighted by Gasteiger charge is 2.07. The first-order valence-corrected chi connectivity index (χ1v) is 7.34. The number of halogens is 2. The fourth-order valence-electron chi connectivity index (χ4n) is 1.32. The molecule has 0 radical (unpaired) electrons. The summed E-state index contributed by atoms with van der Waals surface area (Å²) >= 11 is 4.17. The number of phenols is 1. The zero-order chi connectivity index (χ0) is 12.8. The lowest BCUT2D eigenvalue weighted by Crippen LogP contribution is -2.29. The van der Waals surface area contributed by atoms with Crippen LogP contribution in [0.5, 0.6) is 5.75 Å². The Labute approximate surface area is 128 Å². The molecule has 17 heavy (non-hydrogen) atoms. The molecule has 0 aliphatic carbocycles. The highest BCUT2D eigenvalue weighted by Crippen LogP contribution is 2.27. The first-order chi connectivity index (χ1) is 8.04. The number of rotatable bonds is 5. The molecule has 1 rings (SSSR count). The molecule has 0 aliphatic heterocycles. The van der Waals surface area contributed by atoms with E-state index in [0.29, 0.717) is 31.7 Å². The van der Waals surface area contributed by atoms with Crippen LogP contribution in [0.4, 0.5) is 0 Å². The number of nitrogens with one attached hydrogen (secondary N) is 1. The fraction of sp³-hybridized carbons (Fsp3) is 0.364. The van der Waals surface area contributed by atoms with Gasteiger partial charge in [0.2, 0.25) is 5.91 Å². The second-order valence-electron chi connectivity index (χ2n) is 3.55. The van der Waals surface area contributed by atoms with E-state index in [1.807, 2.05) is 12.1 Å². The summed E-state index contributed by atoms with van der Waals surface area (Å²) in [5.41, 5.74) is 6.35. The Morgan fingerprint density at radius 1 is 1.35 bits per heavy atom. The SMILES string of the molecule is NCCNC(=O)CCc1cc(I)c(O)c(I)c1. The second kappa shape index (κ2) is 7.37. The maximum absolute atomic E-state index is 11.4. The van der Waals surface area contributed by atoms with Crippen molar-refractivity contribution < 1.29 is 9.90 Å². The van der Waals surface area contributed by atoms with Gasteiger partial charge in [0.1, 0.15) is 5.75 Å². The molecule has 4 N–H and O–H groups in total. The molecule has 0 atom stereocenters. The summed E-state index contributed by atoms with van der Waals surface area (Å²) in [6.45, 7) is 0.976. The average Bonchev–Trinajstić information content (AvgIpc) is 2.30. The summed E-state index contributed by atoms with van der Waals surface area (Å²) < 4.78 is 1.62. The van der Waals surface area contributed by atoms with Gasteiger partial charge in [-0.05, 0) is 69.3 Å². The van der Waals surface area contributed by atoms with Crippen molar-refractivity contribution in [3.05, 3.63) is 24.8 Å². The Balaban J connectivity index is 2.55. The van der Waals surface area contributed by atoms with Crippen LogP contribution in [0.25, 0.3) is 0 Å². The Morgan fingerprint density at radius 3 is 2.47 bits per heavy atom. The molecule has 6 heteroatoms. The number of phenolic OH excluding ortho intramolecular Hbond substituents is 1. The van der Waals surface area contributed by atoms with E-state index in [9.17, 15) is 9.90 Å². The van der Waals surface area contributed by atoms with Crippen LogP contribution in [-0.4, -0.2) is 24.1 Å². The molecule has 0 bridgehead atoms. The normalized spacial score (nSPS) is 10.3. The lowest BCUT2D eigenvalue weighted by atomic mass is 10.1. The molecule has 0 aromatic heterocycles. The highest BCUT2D eigenvalue weighted by molar-refractivity contribution is 14.1. The van der Waals surface area contributed by atoms with Gasteiger partial charge in [-0.2, -0.15) is 0 Å². The van der Waals surface area contributed by atoms with Gasteiger partial charge in [-0.25, -0.2) is 0 Å². The van der Waals surface area contributed by atoms with Gasteiger partial charge in [-0.3, -0.25) is 4.79 Å². The molecular formula is C11H14I2N2O2. The number of amides is 1. The van der Waals surface area contributed by atoms with Gasteiger partial charge in [0.05, 0.1) is 7.14 Å². The Morgan fingerprint density at radius 2 is 1.94 bits per heavy atom. The zero-order valence-electron chi connectivity index (χ0n) is 9.17. The van der Waals surface area contributed by atoms with Crippen molar-refractivity contribution in [2.24, 2.45) is 5.73 Å². The minimum Gasteiger partial charge on any atom is -0.506 e. The van der Waals surface area contributed by atoms with E-state index in [2.05, 4.69) is 50.5 Å². The molecule has 0 fully saturated rings. The van der Waals surface area contributed by atoms with E-state index in [0.717, 1.165) is 12.7 Å². The molecule has 0 aliphatic rings. The first kappa shape index (κ1) is 15.0.